The van der Waals surface area contributed by atoms with Gasteiger partial charge in [0.1, 0.15) is 5.52 Å². The van der Waals surface area contributed by atoms with E-state index in [1.807, 2.05) is 4.90 Å². The van der Waals surface area contributed by atoms with E-state index in [0.29, 0.717) is 73.8 Å². The number of aliphatic imine (C=N–C) groups is 1. The van der Waals surface area contributed by atoms with Crippen molar-refractivity contribution in [1.29, 1.82) is 0 Å². The molecule has 5 heterocycles. The fraction of sp³-hybridized carbons (Fsp3) is 0.609. The van der Waals surface area contributed by atoms with Crippen molar-refractivity contribution in [3.05, 3.63) is 17.8 Å². The summed E-state index contributed by atoms with van der Waals surface area (Å²) in [6.07, 6.45) is 4.95. The third-order valence-electron chi connectivity index (χ3n) is 6.86. The molecule has 12 heteroatoms. The number of hydrogen-bond donors (Lipinski definition) is 2. The van der Waals surface area contributed by atoms with Gasteiger partial charge in [0, 0.05) is 64.8 Å². The highest BCUT2D eigenvalue weighted by Crippen LogP contribution is 2.26. The standard InChI is InChI=1S/C23H33N9O3/c1-25-15-16(14-24)19-27-20-18(22(29-19)31-8-12-35-13-9-31)26-21(28-20)23(33)32-4-2-17(3-5-32)30-6-10-34-11-7-30/h14-15,17H,2-13,24H2,1H3,(H,26,27,28,29)/b16-14+,25-15?. The zero-order valence-corrected chi connectivity index (χ0v) is 20.1. The summed E-state index contributed by atoms with van der Waals surface area (Å²) in [5, 5.41) is 0. The lowest BCUT2D eigenvalue weighted by atomic mass is 10.0. The number of anilines is 1. The summed E-state index contributed by atoms with van der Waals surface area (Å²) < 4.78 is 11.0. The molecule has 0 atom stereocenters. The van der Waals surface area contributed by atoms with Gasteiger partial charge in [0.05, 0.1) is 32.0 Å². The molecular weight excluding hydrogens is 450 g/mol. The summed E-state index contributed by atoms with van der Waals surface area (Å²) in [6.45, 7) is 7.51. The van der Waals surface area contributed by atoms with Crippen LogP contribution in [0.3, 0.4) is 0 Å². The lowest BCUT2D eigenvalue weighted by molar-refractivity contribution is 0.00147. The van der Waals surface area contributed by atoms with E-state index in [4.69, 9.17) is 20.2 Å². The van der Waals surface area contributed by atoms with Crippen LogP contribution in [0.1, 0.15) is 29.3 Å². The first-order valence-electron chi connectivity index (χ1n) is 12.2. The van der Waals surface area contributed by atoms with Crippen molar-refractivity contribution in [2.75, 3.05) is 77.6 Å². The lowest BCUT2D eigenvalue weighted by Gasteiger charge is -2.39. The van der Waals surface area contributed by atoms with Gasteiger partial charge in [0.2, 0.25) is 0 Å². The van der Waals surface area contributed by atoms with Gasteiger partial charge in [0.15, 0.2) is 23.1 Å². The predicted octanol–water partition coefficient (Wildman–Crippen LogP) is 0.127. The number of fused-ring (bicyclic) bond motifs is 1. The Hall–Kier alpha value is -3.09. The first kappa shape index (κ1) is 23.6. The number of hydrogen-bond acceptors (Lipinski definition) is 10. The van der Waals surface area contributed by atoms with E-state index in [0.717, 1.165) is 39.1 Å². The van der Waals surface area contributed by atoms with Crippen LogP contribution in [0.2, 0.25) is 0 Å². The Labute approximate surface area is 204 Å². The molecule has 3 fully saturated rings. The highest BCUT2D eigenvalue weighted by Gasteiger charge is 2.30. The highest BCUT2D eigenvalue weighted by molar-refractivity contribution is 6.08. The van der Waals surface area contributed by atoms with Gasteiger partial charge in [-0.2, -0.15) is 0 Å². The molecule has 0 aromatic carbocycles. The van der Waals surface area contributed by atoms with E-state index in [1.165, 1.54) is 6.20 Å². The molecule has 35 heavy (non-hydrogen) atoms. The fourth-order valence-electron chi connectivity index (χ4n) is 4.96. The summed E-state index contributed by atoms with van der Waals surface area (Å²) in [5.74, 6) is 1.29. The molecule has 0 spiro atoms. The molecule has 0 unspecified atom stereocenters. The number of ether oxygens (including phenoxy) is 2. The number of allylic oxidation sites excluding steroid dienone is 1. The average molecular weight is 484 g/mol. The molecule has 0 bridgehead atoms. The summed E-state index contributed by atoms with van der Waals surface area (Å²) in [7, 11) is 1.67. The van der Waals surface area contributed by atoms with Crippen molar-refractivity contribution in [2.24, 2.45) is 10.7 Å². The van der Waals surface area contributed by atoms with Crippen LogP contribution in [0.4, 0.5) is 5.82 Å². The summed E-state index contributed by atoms with van der Waals surface area (Å²) >= 11 is 0. The molecule has 3 aliphatic rings. The van der Waals surface area contributed by atoms with Crippen molar-refractivity contribution in [2.45, 2.75) is 18.9 Å². The zero-order chi connectivity index (χ0) is 24.2. The average Bonchev–Trinajstić information content (AvgIpc) is 3.36. The molecule has 2 aromatic rings. The van der Waals surface area contributed by atoms with Crippen molar-refractivity contribution in [1.82, 2.24) is 29.7 Å². The number of likely N-dealkylation sites (tertiary alicyclic amines) is 1. The monoisotopic (exact) mass is 483 g/mol. The van der Waals surface area contributed by atoms with Gasteiger partial charge in [0.25, 0.3) is 5.91 Å². The minimum atomic E-state index is -0.109. The second-order valence-electron chi connectivity index (χ2n) is 8.94. The number of carbonyl (C=O) groups is 1. The number of H-pyrrole nitrogens is 1. The Morgan fingerprint density at radius 1 is 1.03 bits per heavy atom. The Morgan fingerprint density at radius 2 is 1.71 bits per heavy atom. The summed E-state index contributed by atoms with van der Waals surface area (Å²) in [6, 6.07) is 0.502. The van der Waals surface area contributed by atoms with Crippen molar-refractivity contribution in [3.63, 3.8) is 0 Å². The Balaban J connectivity index is 1.40. The van der Waals surface area contributed by atoms with Gasteiger partial charge in [-0.1, -0.05) is 0 Å². The van der Waals surface area contributed by atoms with Gasteiger partial charge in [-0.05, 0) is 12.8 Å². The fourth-order valence-corrected chi connectivity index (χ4v) is 4.96. The van der Waals surface area contributed by atoms with E-state index in [9.17, 15) is 4.79 Å². The van der Waals surface area contributed by atoms with E-state index in [1.54, 1.807) is 13.3 Å². The summed E-state index contributed by atoms with van der Waals surface area (Å²) in [4.78, 5) is 41.1. The maximum Gasteiger partial charge on any atom is 0.289 e. The second-order valence-corrected chi connectivity index (χ2v) is 8.94. The number of rotatable bonds is 5. The van der Waals surface area contributed by atoms with Crippen LogP contribution < -0.4 is 10.6 Å². The Morgan fingerprint density at radius 3 is 2.37 bits per heavy atom. The van der Waals surface area contributed by atoms with Crippen LogP contribution in [0, 0.1) is 0 Å². The van der Waals surface area contributed by atoms with Crippen LogP contribution in [0.5, 0.6) is 0 Å². The van der Waals surface area contributed by atoms with Crippen LogP contribution in [0.15, 0.2) is 11.2 Å². The Bertz CT molecular complexity index is 1100. The molecule has 3 N–H and O–H groups in total. The molecule has 5 rings (SSSR count). The molecule has 2 aromatic heterocycles. The van der Waals surface area contributed by atoms with Crippen LogP contribution in [0.25, 0.3) is 16.7 Å². The van der Waals surface area contributed by atoms with Gasteiger partial charge in [-0.25, -0.2) is 15.0 Å². The van der Waals surface area contributed by atoms with Crippen LogP contribution in [-0.4, -0.2) is 121 Å². The largest absolute Gasteiger partial charge is 0.404 e. The number of nitrogens with two attached hydrogens (primary N) is 1. The number of morpholine rings is 2. The van der Waals surface area contributed by atoms with E-state index in [-0.39, 0.29) is 11.7 Å². The molecule has 3 saturated heterocycles. The lowest BCUT2D eigenvalue weighted by Crippen LogP contribution is -2.50. The quantitative estimate of drug-likeness (QED) is 0.568. The number of nitrogens with zero attached hydrogens (tertiary/aromatic N) is 7. The summed E-state index contributed by atoms with van der Waals surface area (Å²) in [5.41, 5.74) is 7.48. The van der Waals surface area contributed by atoms with Crippen LogP contribution >= 0.6 is 0 Å². The third-order valence-corrected chi connectivity index (χ3v) is 6.86. The number of amides is 1. The predicted molar refractivity (Wildman–Crippen MR) is 133 cm³/mol. The van der Waals surface area contributed by atoms with Crippen LogP contribution in [-0.2, 0) is 9.47 Å². The first-order chi connectivity index (χ1) is 17.2. The highest BCUT2D eigenvalue weighted by atomic mass is 16.5. The molecule has 0 saturated carbocycles. The van der Waals surface area contributed by atoms with Gasteiger partial charge in [-0.15, -0.1) is 0 Å². The van der Waals surface area contributed by atoms with Crippen molar-refractivity contribution >= 4 is 34.7 Å². The number of piperidine rings is 1. The molecule has 0 radical (unpaired) electrons. The second kappa shape index (κ2) is 10.7. The molecule has 12 nitrogen and oxygen atoms in total. The van der Waals surface area contributed by atoms with E-state index < -0.39 is 0 Å². The van der Waals surface area contributed by atoms with E-state index >= 15 is 0 Å². The molecule has 188 valence electrons. The SMILES string of the molecule is CN=C/C(=C\N)c1nc(N2CCOCC2)c2[nH]c(C(=O)N3CCC(N4CCOCC4)CC3)nc2n1. The van der Waals surface area contributed by atoms with Crippen molar-refractivity contribution < 1.29 is 14.3 Å². The maximum absolute atomic E-state index is 13.4. The number of aromatic nitrogens is 4. The molecular formula is C23H33N9O3. The third kappa shape index (κ3) is 5.00. The van der Waals surface area contributed by atoms with Gasteiger partial charge < -0.3 is 30.0 Å². The topological polar surface area (TPSA) is 138 Å². The molecule has 1 amide bonds. The number of carbonyl (C=O) groups excluding carboxylic acids is 1. The van der Waals surface area contributed by atoms with Gasteiger partial charge in [-0.3, -0.25) is 14.7 Å². The minimum Gasteiger partial charge on any atom is -0.404 e. The molecule has 0 aliphatic carbocycles. The number of aromatic amines is 1. The normalized spacial score (nSPS) is 21.3. The van der Waals surface area contributed by atoms with Gasteiger partial charge >= 0.3 is 0 Å². The molecule has 3 aliphatic heterocycles. The van der Waals surface area contributed by atoms with E-state index in [2.05, 4.69) is 29.7 Å². The van der Waals surface area contributed by atoms with Crippen molar-refractivity contribution in [3.8, 4) is 0 Å². The maximum atomic E-state index is 13.4. The first-order valence-corrected chi connectivity index (χ1v) is 12.2. The zero-order valence-electron chi connectivity index (χ0n) is 20.1. The number of nitrogens with one attached hydrogen (secondary N) is 1. The minimum absolute atomic E-state index is 0.109. The Kier molecular flexibility index (Phi) is 7.21. The number of imidazole rings is 1. The smallest absolute Gasteiger partial charge is 0.289 e.